The molecule has 0 saturated carbocycles. The molecule has 3 N–H and O–H groups in total. The van der Waals surface area contributed by atoms with Crippen LogP contribution in [0.2, 0.25) is 0 Å². The molecular weight excluding hydrogens is 349 g/mol. The van der Waals surface area contributed by atoms with Crippen LogP contribution < -0.4 is 4.52 Å². The van der Waals surface area contributed by atoms with Gasteiger partial charge in [0.05, 0.1) is 30.6 Å². The Balaban J connectivity index is 2.11. The average molecular weight is 359 g/mol. The molecule has 0 bridgehead atoms. The molecule has 0 spiro atoms. The summed E-state index contributed by atoms with van der Waals surface area (Å²) in [5, 5.41) is 32.5. The van der Waals surface area contributed by atoms with Crippen molar-refractivity contribution in [2.45, 2.75) is 0 Å². The Kier molecular flexibility index (Phi) is 3.79. The molecule has 3 rings (SSSR count). The van der Waals surface area contributed by atoms with Crippen molar-refractivity contribution < 1.29 is 19.8 Å². The van der Waals surface area contributed by atoms with Gasteiger partial charge in [-0.2, -0.15) is 0 Å². The molecule has 110 valence electrons. The van der Waals surface area contributed by atoms with Gasteiger partial charge in [0, 0.05) is 10.8 Å². The van der Waals surface area contributed by atoms with Crippen molar-refractivity contribution in [2.75, 3.05) is 0 Å². The first-order valence-electron chi connectivity index (χ1n) is 5.63. The summed E-state index contributed by atoms with van der Waals surface area (Å²) in [5.41, 5.74) is 1.29. The van der Waals surface area contributed by atoms with Gasteiger partial charge < -0.3 is 19.8 Å². The highest BCUT2D eigenvalue weighted by Gasteiger charge is 2.20. The Hall–Kier alpha value is -1.34. The lowest BCUT2D eigenvalue weighted by molar-refractivity contribution is 0.409. The molecule has 0 radical (unpaired) electrons. The van der Waals surface area contributed by atoms with Gasteiger partial charge >= 0.3 is 0 Å². The first-order chi connectivity index (χ1) is 10.0. The highest BCUT2D eigenvalue weighted by atomic mass is 32.1. The second-order valence-corrected chi connectivity index (χ2v) is 6.50. The second kappa shape index (κ2) is 5.46. The van der Waals surface area contributed by atoms with Crippen molar-refractivity contribution in [3.63, 3.8) is 0 Å². The molecule has 0 fully saturated rings. The SMILES string of the molecule is Oc1csc(-c2ccc(-c3scc(OP)c3O)n2S)c1O. The molecule has 0 aliphatic carbocycles. The van der Waals surface area contributed by atoms with Gasteiger partial charge in [0.15, 0.2) is 23.0 Å². The quantitative estimate of drug-likeness (QED) is 0.422. The molecule has 21 heavy (non-hydrogen) atoms. The van der Waals surface area contributed by atoms with E-state index in [0.29, 0.717) is 26.9 Å². The largest absolute Gasteiger partial charge is 0.504 e. The van der Waals surface area contributed by atoms with Crippen molar-refractivity contribution >= 4 is 45.0 Å². The number of thiol groups is 1. The van der Waals surface area contributed by atoms with Crippen LogP contribution >= 0.6 is 45.0 Å². The van der Waals surface area contributed by atoms with Gasteiger partial charge in [-0.1, -0.05) is 12.8 Å². The Labute approximate surface area is 135 Å². The summed E-state index contributed by atoms with van der Waals surface area (Å²) in [6.45, 7) is 0. The third-order valence-corrected chi connectivity index (χ3v) is 5.56. The lowest BCUT2D eigenvalue weighted by Crippen LogP contribution is -1.86. The van der Waals surface area contributed by atoms with Gasteiger partial charge in [0.25, 0.3) is 0 Å². The zero-order valence-electron chi connectivity index (χ0n) is 10.3. The topological polar surface area (TPSA) is 74.8 Å². The van der Waals surface area contributed by atoms with Gasteiger partial charge in [-0.15, -0.1) is 22.7 Å². The first-order valence-corrected chi connectivity index (χ1v) is 8.26. The minimum Gasteiger partial charge on any atom is -0.504 e. The number of hydrogen-bond acceptors (Lipinski definition) is 7. The van der Waals surface area contributed by atoms with Crippen molar-refractivity contribution in [3.05, 3.63) is 22.9 Å². The first kappa shape index (κ1) is 14.6. The lowest BCUT2D eigenvalue weighted by atomic mass is 10.3. The van der Waals surface area contributed by atoms with E-state index in [2.05, 4.69) is 22.3 Å². The number of hydrogen-bond donors (Lipinski definition) is 4. The zero-order valence-corrected chi connectivity index (χ0v) is 14.0. The van der Waals surface area contributed by atoms with E-state index in [9.17, 15) is 15.3 Å². The summed E-state index contributed by atoms with van der Waals surface area (Å²) >= 11 is 6.94. The molecule has 1 atom stereocenters. The normalized spacial score (nSPS) is 11.0. The van der Waals surface area contributed by atoms with Crippen molar-refractivity contribution in [1.29, 1.82) is 0 Å². The predicted octanol–water partition coefficient (Wildman–Crippen LogP) is 3.92. The van der Waals surface area contributed by atoms with E-state index < -0.39 is 0 Å². The summed E-state index contributed by atoms with van der Waals surface area (Å²) in [4.78, 5) is 1.11. The molecule has 3 heterocycles. The molecule has 1 unspecified atom stereocenters. The van der Waals surface area contributed by atoms with E-state index in [1.54, 1.807) is 21.5 Å². The van der Waals surface area contributed by atoms with Gasteiger partial charge in [-0.25, -0.2) is 0 Å². The minimum atomic E-state index is -0.177. The van der Waals surface area contributed by atoms with Crippen LogP contribution in [0.5, 0.6) is 23.0 Å². The van der Waals surface area contributed by atoms with Crippen LogP contribution in [0, 0.1) is 0 Å². The number of aromatic hydroxyl groups is 3. The Morgan fingerprint density at radius 1 is 1.00 bits per heavy atom. The van der Waals surface area contributed by atoms with E-state index in [-0.39, 0.29) is 17.2 Å². The summed E-state index contributed by atoms with van der Waals surface area (Å²) < 4.78 is 6.52. The van der Waals surface area contributed by atoms with Crippen molar-refractivity contribution in [3.8, 4) is 44.1 Å². The van der Waals surface area contributed by atoms with E-state index in [1.165, 1.54) is 28.1 Å². The Bertz CT molecular complexity index is 808. The summed E-state index contributed by atoms with van der Waals surface area (Å²) in [7, 11) is 2.08. The van der Waals surface area contributed by atoms with Crippen LogP contribution in [0.25, 0.3) is 21.1 Å². The average Bonchev–Trinajstić information content (AvgIpc) is 3.11. The van der Waals surface area contributed by atoms with Gasteiger partial charge in [-0.3, -0.25) is 3.97 Å². The van der Waals surface area contributed by atoms with Crippen molar-refractivity contribution in [1.82, 2.24) is 3.97 Å². The third-order valence-electron chi connectivity index (χ3n) is 2.93. The number of aromatic nitrogens is 1. The standard InChI is InChI=1S/C12H10NO4PS3/c14-7-3-20-11(9(7)15)5-1-2-6(13(5)19)12-10(16)8(17-18)4-21-12/h1-4,14-16,19H,18H2. The van der Waals surface area contributed by atoms with Crippen LogP contribution in [0.4, 0.5) is 0 Å². The van der Waals surface area contributed by atoms with E-state index in [0.717, 1.165) is 0 Å². The fourth-order valence-electron chi connectivity index (χ4n) is 1.90. The molecule has 0 amide bonds. The van der Waals surface area contributed by atoms with E-state index >= 15 is 0 Å². The van der Waals surface area contributed by atoms with Crippen LogP contribution in [-0.4, -0.2) is 19.3 Å². The predicted molar refractivity (Wildman–Crippen MR) is 90.8 cm³/mol. The van der Waals surface area contributed by atoms with Crippen LogP contribution in [-0.2, 0) is 0 Å². The zero-order chi connectivity index (χ0) is 15.1. The molecule has 0 saturated heterocycles. The fraction of sp³-hybridized carbons (Fsp3) is 0. The van der Waals surface area contributed by atoms with Crippen molar-refractivity contribution in [2.24, 2.45) is 0 Å². The fourth-order valence-corrected chi connectivity index (χ4v) is 4.37. The lowest BCUT2D eigenvalue weighted by Gasteiger charge is -2.05. The maximum Gasteiger partial charge on any atom is 0.178 e. The molecule has 3 aromatic heterocycles. The monoisotopic (exact) mass is 359 g/mol. The number of rotatable bonds is 3. The number of thiophene rings is 2. The molecular formula is C12H10NO4PS3. The summed E-state index contributed by atoms with van der Waals surface area (Å²) in [5.74, 6) is 0.0639. The molecule has 5 nitrogen and oxygen atoms in total. The number of nitrogens with zero attached hydrogens (tertiary/aromatic N) is 1. The minimum absolute atomic E-state index is 0.0354. The summed E-state index contributed by atoms with van der Waals surface area (Å²) in [6, 6.07) is 3.53. The van der Waals surface area contributed by atoms with Crippen LogP contribution in [0.15, 0.2) is 22.9 Å². The van der Waals surface area contributed by atoms with Gasteiger partial charge in [0.1, 0.15) is 0 Å². The van der Waals surface area contributed by atoms with Gasteiger partial charge in [-0.05, 0) is 12.1 Å². The maximum atomic E-state index is 10.1. The Morgan fingerprint density at radius 2 is 1.57 bits per heavy atom. The molecule has 3 aromatic rings. The Morgan fingerprint density at radius 3 is 2.05 bits per heavy atom. The molecule has 0 aromatic carbocycles. The molecule has 0 aliphatic heterocycles. The highest BCUT2D eigenvalue weighted by Crippen LogP contribution is 2.48. The second-order valence-electron chi connectivity index (χ2n) is 4.11. The molecule has 0 aliphatic rings. The van der Waals surface area contributed by atoms with Crippen LogP contribution in [0.3, 0.4) is 0 Å². The summed E-state index contributed by atoms with van der Waals surface area (Å²) in [6.07, 6.45) is 0. The van der Waals surface area contributed by atoms with E-state index in [4.69, 9.17) is 4.52 Å². The molecule has 9 heteroatoms. The van der Waals surface area contributed by atoms with E-state index in [1.807, 2.05) is 0 Å². The highest BCUT2D eigenvalue weighted by molar-refractivity contribution is 7.78. The van der Waals surface area contributed by atoms with Gasteiger partial charge in [0.2, 0.25) is 0 Å². The maximum absolute atomic E-state index is 10.1. The van der Waals surface area contributed by atoms with Crippen LogP contribution in [0.1, 0.15) is 0 Å². The smallest absolute Gasteiger partial charge is 0.178 e. The third kappa shape index (κ3) is 2.28.